The van der Waals surface area contributed by atoms with Crippen molar-refractivity contribution >= 4 is 23.2 Å². The van der Waals surface area contributed by atoms with E-state index in [1.165, 1.54) is 5.56 Å². The van der Waals surface area contributed by atoms with Crippen LogP contribution in [0.15, 0.2) is 18.2 Å². The van der Waals surface area contributed by atoms with Gasteiger partial charge in [-0.1, -0.05) is 36.2 Å². The van der Waals surface area contributed by atoms with Gasteiger partial charge in [-0.05, 0) is 38.3 Å². The summed E-state index contributed by atoms with van der Waals surface area (Å²) in [7, 11) is 4.37. The predicted octanol–water partition coefficient (Wildman–Crippen LogP) is 2.89. The third kappa shape index (κ3) is 3.66. The molecule has 0 amide bonds. The van der Waals surface area contributed by atoms with Crippen LogP contribution in [0.25, 0.3) is 0 Å². The lowest BCUT2D eigenvalue weighted by Crippen LogP contribution is -2.55. The van der Waals surface area contributed by atoms with Crippen molar-refractivity contribution in [2.24, 2.45) is 0 Å². The van der Waals surface area contributed by atoms with Gasteiger partial charge in [0.25, 0.3) is 0 Å². The lowest BCUT2D eigenvalue weighted by molar-refractivity contribution is 0.0881. The minimum atomic E-state index is 0.266. The number of piperazine rings is 1. The van der Waals surface area contributed by atoms with Gasteiger partial charge in [-0.15, -0.1) is 0 Å². The molecule has 1 aromatic carbocycles. The van der Waals surface area contributed by atoms with Crippen LogP contribution in [0.2, 0.25) is 10.0 Å². The summed E-state index contributed by atoms with van der Waals surface area (Å²) in [5, 5.41) is 4.83. The molecule has 1 aliphatic rings. The molecular formula is C15H23Cl2N3. The molecule has 1 saturated heterocycles. The molecule has 112 valence electrons. The van der Waals surface area contributed by atoms with Crippen LogP contribution >= 0.6 is 23.2 Å². The molecular weight excluding hydrogens is 293 g/mol. The highest BCUT2D eigenvalue weighted by atomic mass is 35.5. The second-order valence-electron chi connectivity index (χ2n) is 5.52. The zero-order chi connectivity index (χ0) is 14.7. The van der Waals surface area contributed by atoms with Crippen molar-refractivity contribution in [1.29, 1.82) is 0 Å². The summed E-state index contributed by atoms with van der Waals surface area (Å²) in [6.45, 7) is 6.32. The number of benzene rings is 1. The van der Waals surface area contributed by atoms with Gasteiger partial charge in [0.15, 0.2) is 0 Å². The van der Waals surface area contributed by atoms with Gasteiger partial charge in [-0.2, -0.15) is 0 Å². The molecule has 1 heterocycles. The molecule has 20 heavy (non-hydrogen) atoms. The van der Waals surface area contributed by atoms with Crippen LogP contribution < -0.4 is 5.32 Å². The minimum absolute atomic E-state index is 0.266. The fraction of sp³-hybridized carbons (Fsp3) is 0.600. The molecule has 2 rings (SSSR count). The Morgan fingerprint density at radius 2 is 2.00 bits per heavy atom. The first-order chi connectivity index (χ1) is 9.52. The number of rotatable bonds is 4. The molecule has 0 bridgehead atoms. The first-order valence-corrected chi connectivity index (χ1v) is 7.85. The SMILES string of the molecule is CCNC(c1ccc(Cl)c(Cl)c1)C1CN(C)CCN1C. The highest BCUT2D eigenvalue weighted by Gasteiger charge is 2.30. The fourth-order valence-corrected chi connectivity index (χ4v) is 3.11. The van der Waals surface area contributed by atoms with Gasteiger partial charge in [0.1, 0.15) is 0 Å². The molecule has 1 N–H and O–H groups in total. The second-order valence-corrected chi connectivity index (χ2v) is 6.33. The molecule has 5 heteroatoms. The van der Waals surface area contributed by atoms with Crippen LogP contribution in [0.5, 0.6) is 0 Å². The van der Waals surface area contributed by atoms with Gasteiger partial charge in [0, 0.05) is 31.7 Å². The van der Waals surface area contributed by atoms with Crippen LogP contribution in [-0.2, 0) is 0 Å². The van der Waals surface area contributed by atoms with E-state index in [9.17, 15) is 0 Å². The maximum Gasteiger partial charge on any atom is 0.0595 e. The topological polar surface area (TPSA) is 18.5 Å². The fourth-order valence-electron chi connectivity index (χ4n) is 2.81. The van der Waals surface area contributed by atoms with Crippen molar-refractivity contribution in [2.75, 3.05) is 40.3 Å². The first-order valence-electron chi connectivity index (χ1n) is 7.10. The molecule has 0 saturated carbocycles. The van der Waals surface area contributed by atoms with E-state index in [1.807, 2.05) is 12.1 Å². The van der Waals surface area contributed by atoms with Crippen LogP contribution in [0.1, 0.15) is 18.5 Å². The second kappa shape index (κ2) is 7.10. The first kappa shape index (κ1) is 16.1. The Labute approximate surface area is 131 Å². The lowest BCUT2D eigenvalue weighted by Gasteiger charge is -2.42. The minimum Gasteiger partial charge on any atom is -0.309 e. The molecule has 1 fully saturated rings. The highest BCUT2D eigenvalue weighted by Crippen LogP contribution is 2.29. The lowest BCUT2D eigenvalue weighted by atomic mass is 9.96. The summed E-state index contributed by atoms with van der Waals surface area (Å²) in [5.41, 5.74) is 1.20. The summed E-state index contributed by atoms with van der Waals surface area (Å²) in [4.78, 5) is 4.81. The molecule has 3 nitrogen and oxygen atoms in total. The average Bonchev–Trinajstić information content (AvgIpc) is 2.42. The summed E-state index contributed by atoms with van der Waals surface area (Å²) in [6, 6.07) is 6.65. The van der Waals surface area contributed by atoms with Crippen molar-refractivity contribution in [3.05, 3.63) is 33.8 Å². The van der Waals surface area contributed by atoms with E-state index in [2.05, 4.69) is 42.2 Å². The summed E-state index contributed by atoms with van der Waals surface area (Å²) >= 11 is 12.2. The monoisotopic (exact) mass is 315 g/mol. The smallest absolute Gasteiger partial charge is 0.0595 e. The normalized spacial score (nSPS) is 22.9. The third-order valence-corrected chi connectivity index (χ3v) is 4.75. The van der Waals surface area contributed by atoms with E-state index < -0.39 is 0 Å². The van der Waals surface area contributed by atoms with Crippen LogP contribution in [0, 0.1) is 0 Å². The number of hydrogen-bond donors (Lipinski definition) is 1. The predicted molar refractivity (Wildman–Crippen MR) is 86.8 cm³/mol. The number of nitrogens with zero attached hydrogens (tertiary/aromatic N) is 2. The summed E-state index contributed by atoms with van der Waals surface area (Å²) in [6.07, 6.45) is 0. The Bertz CT molecular complexity index is 453. The number of halogens is 2. The van der Waals surface area contributed by atoms with E-state index in [0.29, 0.717) is 16.1 Å². The number of likely N-dealkylation sites (N-methyl/N-ethyl adjacent to an activating group) is 3. The van der Waals surface area contributed by atoms with E-state index in [-0.39, 0.29) is 6.04 Å². The van der Waals surface area contributed by atoms with Crippen molar-refractivity contribution in [1.82, 2.24) is 15.1 Å². The summed E-state index contributed by atoms with van der Waals surface area (Å²) in [5.74, 6) is 0. The summed E-state index contributed by atoms with van der Waals surface area (Å²) < 4.78 is 0. The van der Waals surface area contributed by atoms with Crippen LogP contribution in [0.4, 0.5) is 0 Å². The van der Waals surface area contributed by atoms with Gasteiger partial charge in [-0.3, -0.25) is 4.90 Å². The number of hydrogen-bond acceptors (Lipinski definition) is 3. The molecule has 1 aromatic rings. The maximum absolute atomic E-state index is 6.18. The van der Waals surface area contributed by atoms with Crippen molar-refractivity contribution in [3.63, 3.8) is 0 Å². The largest absolute Gasteiger partial charge is 0.309 e. The molecule has 0 spiro atoms. The van der Waals surface area contributed by atoms with Gasteiger partial charge in [0.2, 0.25) is 0 Å². The quantitative estimate of drug-likeness (QED) is 0.921. The van der Waals surface area contributed by atoms with Crippen LogP contribution in [0.3, 0.4) is 0 Å². The standard InChI is InChI=1S/C15H23Cl2N3/c1-4-18-15(11-5-6-12(16)13(17)9-11)14-10-19(2)7-8-20(14)3/h5-6,9,14-15,18H,4,7-8,10H2,1-3H3. The molecule has 2 unspecified atom stereocenters. The van der Waals surface area contributed by atoms with E-state index in [4.69, 9.17) is 23.2 Å². The van der Waals surface area contributed by atoms with Crippen molar-refractivity contribution in [3.8, 4) is 0 Å². The molecule has 2 atom stereocenters. The van der Waals surface area contributed by atoms with Crippen molar-refractivity contribution < 1.29 is 0 Å². The van der Waals surface area contributed by atoms with Gasteiger partial charge >= 0.3 is 0 Å². The molecule has 0 radical (unpaired) electrons. The highest BCUT2D eigenvalue weighted by molar-refractivity contribution is 6.42. The molecule has 0 aromatic heterocycles. The van der Waals surface area contributed by atoms with Crippen LogP contribution in [-0.4, -0.2) is 56.1 Å². The Hall–Kier alpha value is -0.320. The average molecular weight is 316 g/mol. The Balaban J connectivity index is 2.27. The zero-order valence-corrected chi connectivity index (χ0v) is 13.9. The van der Waals surface area contributed by atoms with Gasteiger partial charge in [-0.25, -0.2) is 0 Å². The molecule has 1 aliphatic heterocycles. The van der Waals surface area contributed by atoms with Crippen molar-refractivity contribution in [2.45, 2.75) is 19.0 Å². The van der Waals surface area contributed by atoms with Gasteiger partial charge in [0.05, 0.1) is 10.0 Å². The number of nitrogens with one attached hydrogen (secondary N) is 1. The Morgan fingerprint density at radius 1 is 1.25 bits per heavy atom. The Morgan fingerprint density at radius 3 is 2.65 bits per heavy atom. The van der Waals surface area contributed by atoms with E-state index >= 15 is 0 Å². The van der Waals surface area contributed by atoms with E-state index in [1.54, 1.807) is 0 Å². The maximum atomic E-state index is 6.18. The van der Waals surface area contributed by atoms with E-state index in [0.717, 1.165) is 26.2 Å². The molecule has 0 aliphatic carbocycles. The third-order valence-electron chi connectivity index (χ3n) is 4.01. The zero-order valence-electron chi connectivity index (χ0n) is 12.4. The van der Waals surface area contributed by atoms with Gasteiger partial charge < -0.3 is 10.2 Å². The Kier molecular flexibility index (Phi) is 5.70.